The average Bonchev–Trinajstić information content (AvgIpc) is 2.67. The smallest absolute Gasteiger partial charge is 0.128 e. The van der Waals surface area contributed by atoms with E-state index in [2.05, 4.69) is 47.9 Å². The molecular weight excluding hydrogens is 354 g/mol. The van der Waals surface area contributed by atoms with Crippen LogP contribution in [-0.2, 0) is 6.54 Å². The predicted molar refractivity (Wildman–Crippen MR) is 115 cm³/mol. The maximum absolute atomic E-state index is 6.16. The van der Waals surface area contributed by atoms with Crippen molar-refractivity contribution in [1.82, 2.24) is 5.32 Å². The molecule has 3 nitrogen and oxygen atoms in total. The lowest BCUT2D eigenvalue weighted by molar-refractivity contribution is 0.350. The number of fused-ring (bicyclic) bond motifs is 1. The Balaban J connectivity index is 1.63. The summed E-state index contributed by atoms with van der Waals surface area (Å²) in [7, 11) is 0. The van der Waals surface area contributed by atoms with E-state index in [-0.39, 0.29) is 5.54 Å². The highest BCUT2D eigenvalue weighted by atomic mass is 35.5. The molecule has 1 aliphatic carbocycles. The van der Waals surface area contributed by atoms with Crippen molar-refractivity contribution in [2.24, 2.45) is 10.9 Å². The van der Waals surface area contributed by atoms with Gasteiger partial charge in [-0.2, -0.15) is 0 Å². The molecule has 0 aromatic heterocycles. The van der Waals surface area contributed by atoms with Gasteiger partial charge in [-0.25, -0.2) is 4.99 Å². The first-order chi connectivity index (χ1) is 13.1. The average molecular weight is 382 g/mol. The molecule has 2 aliphatic rings. The minimum absolute atomic E-state index is 0.0956. The van der Waals surface area contributed by atoms with Crippen LogP contribution in [0.2, 0.25) is 5.02 Å². The van der Waals surface area contributed by atoms with E-state index < -0.39 is 0 Å². The van der Waals surface area contributed by atoms with Gasteiger partial charge < -0.3 is 10.6 Å². The van der Waals surface area contributed by atoms with Crippen LogP contribution in [0.1, 0.15) is 51.0 Å². The van der Waals surface area contributed by atoms with Gasteiger partial charge in [-0.1, -0.05) is 62.1 Å². The van der Waals surface area contributed by atoms with E-state index in [1.165, 1.54) is 31.2 Å². The highest BCUT2D eigenvalue weighted by Gasteiger charge is 2.39. The van der Waals surface area contributed by atoms with Crippen molar-refractivity contribution in [2.45, 2.75) is 57.5 Å². The molecule has 0 bridgehead atoms. The Morgan fingerprint density at radius 2 is 2.00 bits per heavy atom. The molecule has 1 heterocycles. The summed E-state index contributed by atoms with van der Waals surface area (Å²) in [6.45, 7) is 3.12. The number of amidine groups is 1. The zero-order valence-corrected chi connectivity index (χ0v) is 16.7. The first-order valence-electron chi connectivity index (χ1n) is 10.1. The van der Waals surface area contributed by atoms with Gasteiger partial charge in [0.2, 0.25) is 0 Å². The van der Waals surface area contributed by atoms with Crippen LogP contribution in [-0.4, -0.2) is 11.4 Å². The van der Waals surface area contributed by atoms with E-state index in [0.717, 1.165) is 47.5 Å². The minimum atomic E-state index is -0.0956. The Labute approximate surface area is 167 Å². The summed E-state index contributed by atoms with van der Waals surface area (Å²) in [6, 6.07) is 16.4. The number of halogens is 1. The number of rotatable bonds is 2. The summed E-state index contributed by atoms with van der Waals surface area (Å²) in [4.78, 5) is 5.07. The summed E-state index contributed by atoms with van der Waals surface area (Å²) in [5.41, 5.74) is 3.26. The number of anilines is 1. The zero-order valence-electron chi connectivity index (χ0n) is 16.0. The van der Waals surface area contributed by atoms with E-state index >= 15 is 0 Å². The Morgan fingerprint density at radius 3 is 2.89 bits per heavy atom. The topological polar surface area (TPSA) is 36.4 Å². The molecule has 0 radical (unpaired) electrons. The molecule has 2 unspecified atom stereocenters. The van der Waals surface area contributed by atoms with E-state index in [1.807, 2.05) is 18.2 Å². The molecule has 0 saturated heterocycles. The SMILES string of the molecule is CC1CCCCC2(CC1)Nc1ccccc1N=C2NCc1cccc(Cl)c1. The molecule has 4 rings (SSSR count). The van der Waals surface area contributed by atoms with E-state index in [4.69, 9.17) is 16.6 Å². The summed E-state index contributed by atoms with van der Waals surface area (Å²) in [6.07, 6.45) is 7.34. The number of aliphatic imine (C=N–C) groups is 1. The lowest BCUT2D eigenvalue weighted by Crippen LogP contribution is -2.54. The third-order valence-corrected chi connectivity index (χ3v) is 6.16. The largest absolute Gasteiger partial charge is 0.371 e. The summed E-state index contributed by atoms with van der Waals surface area (Å²) in [5, 5.41) is 8.31. The number of para-hydroxylation sites is 2. The standard InChI is InChI=1S/C23H28ClN3/c1-17-7-4-5-13-23(14-12-17)22(25-16-18-8-6-9-19(24)15-18)26-20-10-2-3-11-21(20)27-23/h2-3,6,8-11,15,17,27H,4-5,7,12-14,16H2,1H3,(H,25,26). The fourth-order valence-corrected chi connectivity index (χ4v) is 4.52. The minimum Gasteiger partial charge on any atom is -0.371 e. The van der Waals surface area contributed by atoms with Gasteiger partial charge in [0.05, 0.1) is 16.9 Å². The summed E-state index contributed by atoms with van der Waals surface area (Å²) in [5.74, 6) is 1.85. The molecule has 4 heteroatoms. The van der Waals surface area contributed by atoms with Crippen molar-refractivity contribution in [3.05, 3.63) is 59.1 Å². The maximum Gasteiger partial charge on any atom is 0.128 e. The van der Waals surface area contributed by atoms with Crippen LogP contribution in [0.4, 0.5) is 11.4 Å². The van der Waals surface area contributed by atoms with Crippen LogP contribution in [0.5, 0.6) is 0 Å². The number of hydrogen-bond acceptors (Lipinski definition) is 3. The highest BCUT2D eigenvalue weighted by molar-refractivity contribution is 6.30. The van der Waals surface area contributed by atoms with Crippen LogP contribution < -0.4 is 10.6 Å². The van der Waals surface area contributed by atoms with Crippen molar-refractivity contribution in [3.63, 3.8) is 0 Å². The second-order valence-electron chi connectivity index (χ2n) is 8.06. The zero-order chi connectivity index (χ0) is 18.7. The molecule has 1 spiro atoms. The van der Waals surface area contributed by atoms with E-state index in [1.54, 1.807) is 0 Å². The normalized spacial score (nSPS) is 25.0. The maximum atomic E-state index is 6.16. The van der Waals surface area contributed by atoms with Crippen LogP contribution in [0.3, 0.4) is 0 Å². The third kappa shape index (κ3) is 4.14. The molecular formula is C23H28ClN3. The van der Waals surface area contributed by atoms with Crippen molar-refractivity contribution < 1.29 is 0 Å². The second kappa shape index (κ2) is 7.93. The van der Waals surface area contributed by atoms with Crippen molar-refractivity contribution in [3.8, 4) is 0 Å². The second-order valence-corrected chi connectivity index (χ2v) is 8.49. The highest BCUT2D eigenvalue weighted by Crippen LogP contribution is 2.39. The molecule has 2 N–H and O–H groups in total. The summed E-state index contributed by atoms with van der Waals surface area (Å²) < 4.78 is 0. The molecule has 142 valence electrons. The molecule has 1 aliphatic heterocycles. The number of nitrogens with zero attached hydrogens (tertiary/aromatic N) is 1. The van der Waals surface area contributed by atoms with Crippen molar-refractivity contribution in [2.75, 3.05) is 5.32 Å². The van der Waals surface area contributed by atoms with Gasteiger partial charge in [-0.3, -0.25) is 0 Å². The monoisotopic (exact) mass is 381 g/mol. The van der Waals surface area contributed by atoms with Crippen LogP contribution in [0.15, 0.2) is 53.5 Å². The Morgan fingerprint density at radius 1 is 1.11 bits per heavy atom. The van der Waals surface area contributed by atoms with Crippen molar-refractivity contribution in [1.29, 1.82) is 0 Å². The fourth-order valence-electron chi connectivity index (χ4n) is 4.31. The summed E-state index contributed by atoms with van der Waals surface area (Å²) >= 11 is 6.16. The fraction of sp³-hybridized carbons (Fsp3) is 0.435. The van der Waals surface area contributed by atoms with Gasteiger partial charge in [0.15, 0.2) is 0 Å². The van der Waals surface area contributed by atoms with Crippen molar-refractivity contribution >= 4 is 28.8 Å². The Kier molecular flexibility index (Phi) is 5.40. The molecule has 2 atom stereocenters. The molecule has 2 aromatic carbocycles. The number of hydrogen-bond donors (Lipinski definition) is 2. The lowest BCUT2D eigenvalue weighted by atomic mass is 9.78. The van der Waals surface area contributed by atoms with Gasteiger partial charge in [0.1, 0.15) is 5.84 Å². The Hall–Kier alpha value is -2.00. The van der Waals surface area contributed by atoms with Gasteiger partial charge in [-0.15, -0.1) is 0 Å². The van der Waals surface area contributed by atoms with Crippen LogP contribution in [0, 0.1) is 5.92 Å². The van der Waals surface area contributed by atoms with Crippen LogP contribution in [0.25, 0.3) is 0 Å². The number of nitrogens with one attached hydrogen (secondary N) is 2. The quantitative estimate of drug-likeness (QED) is 0.639. The van der Waals surface area contributed by atoms with Gasteiger partial charge in [0.25, 0.3) is 0 Å². The van der Waals surface area contributed by atoms with E-state index in [0.29, 0.717) is 0 Å². The van der Waals surface area contributed by atoms with Crippen LogP contribution >= 0.6 is 11.6 Å². The molecule has 27 heavy (non-hydrogen) atoms. The Bertz CT molecular complexity index is 832. The lowest BCUT2D eigenvalue weighted by Gasteiger charge is -2.42. The van der Waals surface area contributed by atoms with Gasteiger partial charge in [-0.05, 0) is 55.0 Å². The number of benzene rings is 2. The van der Waals surface area contributed by atoms with E-state index in [9.17, 15) is 0 Å². The van der Waals surface area contributed by atoms with Gasteiger partial charge >= 0.3 is 0 Å². The molecule has 2 aromatic rings. The first kappa shape index (κ1) is 18.4. The molecule has 0 amide bonds. The first-order valence-corrected chi connectivity index (χ1v) is 10.5. The molecule has 1 saturated carbocycles. The predicted octanol–water partition coefficient (Wildman–Crippen LogP) is 6.31. The third-order valence-electron chi connectivity index (χ3n) is 5.93. The molecule has 1 fully saturated rings. The van der Waals surface area contributed by atoms with Gasteiger partial charge in [0, 0.05) is 11.6 Å².